The number of rotatable bonds is 6. The van der Waals surface area contributed by atoms with Crippen LogP contribution in [0.15, 0.2) is 24.3 Å². The standard InChI is InChI=1S/C15H22N2OS/c1-17-14-8-4-3-7-12(14)13(11-15(17)18)16-9-5-6-10-19-2/h3-4,7-8,13,16H,5-6,9-11H2,1-2H3. The molecule has 3 nitrogen and oxygen atoms in total. The molecule has 1 atom stereocenters. The number of nitrogens with one attached hydrogen (secondary N) is 1. The molecule has 104 valence electrons. The molecule has 0 spiro atoms. The lowest BCUT2D eigenvalue weighted by Gasteiger charge is -2.32. The van der Waals surface area contributed by atoms with Crippen LogP contribution < -0.4 is 10.2 Å². The summed E-state index contributed by atoms with van der Waals surface area (Å²) in [7, 11) is 1.86. The molecule has 1 amide bonds. The molecule has 1 aromatic carbocycles. The van der Waals surface area contributed by atoms with E-state index >= 15 is 0 Å². The lowest BCUT2D eigenvalue weighted by Crippen LogP contribution is -2.38. The van der Waals surface area contributed by atoms with Gasteiger partial charge >= 0.3 is 0 Å². The predicted octanol–water partition coefficient (Wildman–Crippen LogP) is 2.83. The van der Waals surface area contributed by atoms with E-state index in [-0.39, 0.29) is 11.9 Å². The molecule has 1 N–H and O–H groups in total. The zero-order chi connectivity index (χ0) is 13.7. The molecule has 0 fully saturated rings. The number of hydrogen-bond acceptors (Lipinski definition) is 3. The van der Waals surface area contributed by atoms with E-state index in [1.807, 2.05) is 37.0 Å². The second-order valence-corrected chi connectivity index (χ2v) is 5.91. The monoisotopic (exact) mass is 278 g/mol. The highest BCUT2D eigenvalue weighted by Gasteiger charge is 2.28. The third kappa shape index (κ3) is 3.51. The van der Waals surface area contributed by atoms with Gasteiger partial charge in [0.15, 0.2) is 0 Å². The number of carbonyl (C=O) groups excluding carboxylic acids is 1. The minimum Gasteiger partial charge on any atom is -0.315 e. The van der Waals surface area contributed by atoms with Gasteiger partial charge in [-0.3, -0.25) is 4.79 Å². The Kier molecular flexibility index (Phi) is 5.28. The first kappa shape index (κ1) is 14.4. The van der Waals surface area contributed by atoms with Crippen LogP contribution in [0.2, 0.25) is 0 Å². The average molecular weight is 278 g/mol. The van der Waals surface area contributed by atoms with E-state index < -0.39 is 0 Å². The minimum atomic E-state index is 0.175. The number of unbranched alkanes of at least 4 members (excludes halogenated alkanes) is 1. The Balaban J connectivity index is 1.98. The van der Waals surface area contributed by atoms with Crippen LogP contribution in [0, 0.1) is 0 Å². The summed E-state index contributed by atoms with van der Waals surface area (Å²) in [4.78, 5) is 13.8. The molecule has 1 aliphatic heterocycles. The summed E-state index contributed by atoms with van der Waals surface area (Å²) >= 11 is 1.89. The molecule has 0 aliphatic carbocycles. The minimum absolute atomic E-state index is 0.175. The van der Waals surface area contributed by atoms with Crippen LogP contribution in [0.5, 0.6) is 0 Å². The van der Waals surface area contributed by atoms with E-state index in [9.17, 15) is 4.79 Å². The maximum absolute atomic E-state index is 12.0. The molecule has 0 radical (unpaired) electrons. The number of thioether (sulfide) groups is 1. The second kappa shape index (κ2) is 6.96. The summed E-state index contributed by atoms with van der Waals surface area (Å²) in [6.07, 6.45) is 5.11. The van der Waals surface area contributed by atoms with Crippen LogP contribution in [0.1, 0.15) is 30.9 Å². The number of benzene rings is 1. The highest BCUT2D eigenvalue weighted by Crippen LogP contribution is 2.33. The molecular weight excluding hydrogens is 256 g/mol. The Bertz CT molecular complexity index is 436. The van der Waals surface area contributed by atoms with Crippen molar-refractivity contribution in [2.24, 2.45) is 0 Å². The second-order valence-electron chi connectivity index (χ2n) is 4.92. The van der Waals surface area contributed by atoms with E-state index in [1.165, 1.54) is 24.2 Å². The molecule has 4 heteroatoms. The summed E-state index contributed by atoms with van der Waals surface area (Å²) in [6.45, 7) is 0.983. The summed E-state index contributed by atoms with van der Waals surface area (Å²) < 4.78 is 0. The van der Waals surface area contributed by atoms with E-state index in [4.69, 9.17) is 0 Å². The van der Waals surface area contributed by atoms with Crippen molar-refractivity contribution in [3.05, 3.63) is 29.8 Å². The Labute approximate surface area is 119 Å². The van der Waals surface area contributed by atoms with Crippen molar-refractivity contribution in [3.63, 3.8) is 0 Å². The topological polar surface area (TPSA) is 32.3 Å². The third-order valence-electron chi connectivity index (χ3n) is 3.59. The smallest absolute Gasteiger partial charge is 0.228 e. The molecule has 0 bridgehead atoms. The fourth-order valence-corrected chi connectivity index (χ4v) is 2.97. The van der Waals surface area contributed by atoms with Crippen LogP contribution >= 0.6 is 11.8 Å². The number of amides is 1. The fraction of sp³-hybridized carbons (Fsp3) is 0.533. The Morgan fingerprint density at radius 1 is 1.37 bits per heavy atom. The number of anilines is 1. The van der Waals surface area contributed by atoms with Crippen molar-refractivity contribution in [2.75, 3.05) is 30.5 Å². The van der Waals surface area contributed by atoms with Gasteiger partial charge in [0.05, 0.1) is 0 Å². The van der Waals surface area contributed by atoms with Gasteiger partial charge < -0.3 is 10.2 Å². The number of hydrogen-bond donors (Lipinski definition) is 1. The molecular formula is C15H22N2OS. The summed E-state index contributed by atoms with van der Waals surface area (Å²) in [5, 5.41) is 3.53. The number of carbonyl (C=O) groups is 1. The Hall–Kier alpha value is -1.00. The van der Waals surface area contributed by atoms with Gasteiger partial charge in [-0.05, 0) is 43.0 Å². The molecule has 1 aromatic rings. The third-order valence-corrected chi connectivity index (χ3v) is 4.29. The quantitative estimate of drug-likeness (QED) is 0.812. The Morgan fingerprint density at radius 3 is 2.95 bits per heavy atom. The molecule has 1 unspecified atom stereocenters. The van der Waals surface area contributed by atoms with Gasteiger partial charge in [-0.2, -0.15) is 11.8 Å². The van der Waals surface area contributed by atoms with Crippen LogP contribution in [-0.2, 0) is 4.79 Å². The highest BCUT2D eigenvalue weighted by atomic mass is 32.2. The van der Waals surface area contributed by atoms with E-state index in [2.05, 4.69) is 17.6 Å². The van der Waals surface area contributed by atoms with Gasteiger partial charge in [0.25, 0.3) is 0 Å². The van der Waals surface area contributed by atoms with E-state index in [0.717, 1.165) is 12.2 Å². The fourth-order valence-electron chi connectivity index (χ4n) is 2.47. The molecule has 2 rings (SSSR count). The predicted molar refractivity (Wildman–Crippen MR) is 82.8 cm³/mol. The maximum Gasteiger partial charge on any atom is 0.228 e. The van der Waals surface area contributed by atoms with Gasteiger partial charge in [-0.1, -0.05) is 18.2 Å². The van der Waals surface area contributed by atoms with Crippen LogP contribution in [0.4, 0.5) is 5.69 Å². The highest BCUT2D eigenvalue weighted by molar-refractivity contribution is 7.98. The Morgan fingerprint density at radius 2 is 2.16 bits per heavy atom. The largest absolute Gasteiger partial charge is 0.315 e. The lowest BCUT2D eigenvalue weighted by molar-refractivity contribution is -0.119. The van der Waals surface area contributed by atoms with Crippen molar-refractivity contribution in [2.45, 2.75) is 25.3 Å². The number of para-hydroxylation sites is 1. The number of nitrogens with zero attached hydrogens (tertiary/aromatic N) is 1. The average Bonchev–Trinajstić information content (AvgIpc) is 2.44. The first-order valence-electron chi connectivity index (χ1n) is 6.82. The molecule has 1 heterocycles. The molecule has 0 saturated carbocycles. The molecule has 0 aromatic heterocycles. The van der Waals surface area contributed by atoms with Crippen molar-refractivity contribution >= 4 is 23.4 Å². The van der Waals surface area contributed by atoms with Gasteiger partial charge in [0, 0.05) is 25.2 Å². The van der Waals surface area contributed by atoms with Gasteiger partial charge in [-0.15, -0.1) is 0 Å². The molecule has 1 aliphatic rings. The zero-order valence-corrected chi connectivity index (χ0v) is 12.5. The van der Waals surface area contributed by atoms with Crippen molar-refractivity contribution in [1.29, 1.82) is 0 Å². The summed E-state index contributed by atoms with van der Waals surface area (Å²) in [5.74, 6) is 1.41. The summed E-state index contributed by atoms with van der Waals surface area (Å²) in [6, 6.07) is 8.36. The van der Waals surface area contributed by atoms with E-state index in [0.29, 0.717) is 6.42 Å². The first-order chi connectivity index (χ1) is 9.24. The van der Waals surface area contributed by atoms with Gasteiger partial charge in [-0.25, -0.2) is 0 Å². The molecule has 0 saturated heterocycles. The van der Waals surface area contributed by atoms with Crippen LogP contribution in [0.3, 0.4) is 0 Å². The lowest BCUT2D eigenvalue weighted by atomic mass is 9.96. The maximum atomic E-state index is 12.0. The van der Waals surface area contributed by atoms with Gasteiger partial charge in [0.2, 0.25) is 5.91 Å². The summed E-state index contributed by atoms with van der Waals surface area (Å²) in [5.41, 5.74) is 2.29. The SMILES string of the molecule is CSCCCCNC1CC(=O)N(C)c2ccccc21. The van der Waals surface area contributed by atoms with Crippen molar-refractivity contribution in [1.82, 2.24) is 5.32 Å². The first-order valence-corrected chi connectivity index (χ1v) is 8.21. The van der Waals surface area contributed by atoms with Crippen molar-refractivity contribution < 1.29 is 4.79 Å². The molecule has 19 heavy (non-hydrogen) atoms. The normalized spacial score (nSPS) is 18.5. The van der Waals surface area contributed by atoms with E-state index in [1.54, 1.807) is 4.90 Å². The van der Waals surface area contributed by atoms with Crippen LogP contribution in [-0.4, -0.2) is 31.5 Å². The van der Waals surface area contributed by atoms with Gasteiger partial charge in [0.1, 0.15) is 0 Å². The number of fused-ring (bicyclic) bond motifs is 1. The zero-order valence-electron chi connectivity index (χ0n) is 11.7. The van der Waals surface area contributed by atoms with Crippen molar-refractivity contribution in [3.8, 4) is 0 Å². The van der Waals surface area contributed by atoms with Crippen LogP contribution in [0.25, 0.3) is 0 Å².